The first-order valence-electron chi connectivity index (χ1n) is 17.9. The maximum Gasteiger partial charge on any atom is 0.261 e. The molecule has 278 valence electrons. The van der Waals surface area contributed by atoms with Crippen molar-refractivity contribution >= 4 is 47.1 Å². The summed E-state index contributed by atoms with van der Waals surface area (Å²) in [5.74, 6) is -1.33. The summed E-state index contributed by atoms with van der Waals surface area (Å²) in [5.41, 5.74) is 1.13. The molecule has 6 rings (SSSR count). The number of amides is 1. The summed E-state index contributed by atoms with van der Waals surface area (Å²) in [4.78, 5) is 33.2. The highest BCUT2D eigenvalue weighted by atomic mass is 28.4. The van der Waals surface area contributed by atoms with Crippen molar-refractivity contribution < 1.29 is 27.2 Å². The molecular weight excluding hydrogens is 693 g/mol. The van der Waals surface area contributed by atoms with E-state index in [4.69, 9.17) is 13.6 Å². The minimum atomic E-state index is -2.83. The van der Waals surface area contributed by atoms with E-state index in [1.54, 1.807) is 36.0 Å². The van der Waals surface area contributed by atoms with Gasteiger partial charge in [0.2, 0.25) is 0 Å². The standard InChI is InChI=1S/C42H47F2N3O5Si/c1-29(46(6)33-26-31(43)25-32(44)27-33)36-23-30(24-37-38(48)28-39(52-40(36)37)47-18-20-50-21-19-47)41(49)45(5)17-22-51-53(42(2,3)4,34-13-9-7-10-14-34)35-15-11-8-12-16-35/h7-16,23-29H,17-22H2,1-6H3. The van der Waals surface area contributed by atoms with Crippen LogP contribution in [0.3, 0.4) is 0 Å². The van der Waals surface area contributed by atoms with Crippen LogP contribution in [0.2, 0.25) is 5.04 Å². The van der Waals surface area contributed by atoms with E-state index in [-0.39, 0.29) is 33.9 Å². The summed E-state index contributed by atoms with van der Waals surface area (Å²) in [6, 6.07) is 28.1. The molecule has 1 atom stereocenters. The summed E-state index contributed by atoms with van der Waals surface area (Å²) in [6.07, 6.45) is 0. The minimum Gasteiger partial charge on any atom is -0.440 e. The molecule has 2 heterocycles. The van der Waals surface area contributed by atoms with Gasteiger partial charge in [0.25, 0.3) is 14.2 Å². The number of ether oxygens (including phenoxy) is 1. The van der Waals surface area contributed by atoms with Crippen LogP contribution in [-0.2, 0) is 9.16 Å². The number of rotatable bonds is 11. The van der Waals surface area contributed by atoms with E-state index in [1.807, 2.05) is 48.2 Å². The average Bonchev–Trinajstić information content (AvgIpc) is 3.15. The Morgan fingerprint density at radius 2 is 1.47 bits per heavy atom. The van der Waals surface area contributed by atoms with E-state index < -0.39 is 26.0 Å². The van der Waals surface area contributed by atoms with Gasteiger partial charge in [-0.15, -0.1) is 0 Å². The molecule has 0 aliphatic carbocycles. The molecule has 0 spiro atoms. The number of anilines is 2. The Bertz CT molecular complexity index is 2060. The lowest BCUT2D eigenvalue weighted by Gasteiger charge is -2.43. The Labute approximate surface area is 310 Å². The molecule has 0 saturated carbocycles. The fourth-order valence-corrected chi connectivity index (χ4v) is 11.8. The first-order chi connectivity index (χ1) is 25.3. The van der Waals surface area contributed by atoms with Gasteiger partial charge < -0.3 is 28.3 Å². The van der Waals surface area contributed by atoms with Crippen LogP contribution in [0.25, 0.3) is 11.0 Å². The van der Waals surface area contributed by atoms with E-state index in [2.05, 4.69) is 45.0 Å². The number of hydrogen-bond donors (Lipinski definition) is 0. The van der Waals surface area contributed by atoms with Gasteiger partial charge in [-0.05, 0) is 46.6 Å². The van der Waals surface area contributed by atoms with Gasteiger partial charge in [-0.2, -0.15) is 0 Å². The molecule has 1 fully saturated rings. The molecule has 1 saturated heterocycles. The van der Waals surface area contributed by atoms with Crippen LogP contribution < -0.4 is 25.6 Å². The van der Waals surface area contributed by atoms with Crippen molar-refractivity contribution in [1.29, 1.82) is 0 Å². The largest absolute Gasteiger partial charge is 0.440 e. The molecule has 0 N–H and O–H groups in total. The Hall–Kier alpha value is -4.84. The van der Waals surface area contributed by atoms with E-state index >= 15 is 0 Å². The van der Waals surface area contributed by atoms with Crippen molar-refractivity contribution in [2.75, 3.05) is 63.4 Å². The Kier molecular flexibility index (Phi) is 11.2. The first-order valence-corrected chi connectivity index (χ1v) is 19.8. The Morgan fingerprint density at radius 1 is 0.887 bits per heavy atom. The molecule has 4 aromatic carbocycles. The van der Waals surface area contributed by atoms with Crippen molar-refractivity contribution in [1.82, 2.24) is 4.90 Å². The minimum absolute atomic E-state index is 0.230. The quantitative estimate of drug-likeness (QED) is 0.139. The lowest BCUT2D eigenvalue weighted by atomic mass is 9.99. The van der Waals surface area contributed by atoms with Crippen LogP contribution in [0.15, 0.2) is 106 Å². The summed E-state index contributed by atoms with van der Waals surface area (Å²) in [7, 11) is 0.591. The summed E-state index contributed by atoms with van der Waals surface area (Å²) in [5, 5.41) is 2.30. The molecule has 1 aliphatic rings. The fourth-order valence-electron chi connectivity index (χ4n) is 7.24. The maximum absolute atomic E-state index is 14.3. The number of hydrogen-bond acceptors (Lipinski definition) is 7. The second kappa shape index (κ2) is 15.6. The lowest BCUT2D eigenvalue weighted by Crippen LogP contribution is -2.67. The zero-order valence-electron chi connectivity index (χ0n) is 31.2. The van der Waals surface area contributed by atoms with Crippen LogP contribution in [0.4, 0.5) is 20.4 Å². The molecule has 8 nitrogen and oxygen atoms in total. The molecule has 1 amide bonds. The monoisotopic (exact) mass is 739 g/mol. The number of fused-ring (bicyclic) bond motifs is 1. The van der Waals surface area contributed by atoms with Crippen LogP contribution >= 0.6 is 0 Å². The molecule has 1 aromatic heterocycles. The van der Waals surface area contributed by atoms with Gasteiger partial charge in [-0.1, -0.05) is 81.4 Å². The van der Waals surface area contributed by atoms with Gasteiger partial charge in [-0.25, -0.2) is 8.78 Å². The molecule has 1 unspecified atom stereocenters. The van der Waals surface area contributed by atoms with Crippen LogP contribution in [0.1, 0.15) is 49.7 Å². The van der Waals surface area contributed by atoms with Crippen LogP contribution in [0.5, 0.6) is 0 Å². The number of carbonyl (C=O) groups is 1. The average molecular weight is 740 g/mol. The highest BCUT2D eigenvalue weighted by molar-refractivity contribution is 6.99. The molecule has 53 heavy (non-hydrogen) atoms. The van der Waals surface area contributed by atoms with Gasteiger partial charge in [0.15, 0.2) is 11.3 Å². The third kappa shape index (κ3) is 7.78. The van der Waals surface area contributed by atoms with Gasteiger partial charge in [0.1, 0.15) is 17.2 Å². The molecule has 1 aliphatic heterocycles. The highest BCUT2D eigenvalue weighted by Crippen LogP contribution is 2.37. The van der Waals surface area contributed by atoms with Crippen LogP contribution in [-0.4, -0.2) is 72.7 Å². The van der Waals surface area contributed by atoms with Gasteiger partial charge >= 0.3 is 0 Å². The van der Waals surface area contributed by atoms with E-state index in [0.717, 1.165) is 16.4 Å². The summed E-state index contributed by atoms with van der Waals surface area (Å²) < 4.78 is 47.6. The Balaban J connectivity index is 1.35. The van der Waals surface area contributed by atoms with Crippen molar-refractivity contribution in [2.24, 2.45) is 0 Å². The lowest BCUT2D eigenvalue weighted by molar-refractivity contribution is 0.0771. The van der Waals surface area contributed by atoms with Crippen molar-refractivity contribution in [3.63, 3.8) is 0 Å². The topological polar surface area (TPSA) is 75.5 Å². The number of nitrogens with zero attached hydrogens (tertiary/aromatic N) is 3. The molecule has 5 aromatic rings. The van der Waals surface area contributed by atoms with E-state index in [0.29, 0.717) is 55.6 Å². The maximum atomic E-state index is 14.3. The van der Waals surface area contributed by atoms with E-state index in [1.165, 1.54) is 18.2 Å². The van der Waals surface area contributed by atoms with Crippen molar-refractivity contribution in [3.05, 3.63) is 130 Å². The summed E-state index contributed by atoms with van der Waals surface area (Å²) >= 11 is 0. The summed E-state index contributed by atoms with van der Waals surface area (Å²) in [6.45, 7) is 11.1. The normalized spacial score (nSPS) is 14.3. The third-order valence-electron chi connectivity index (χ3n) is 10.2. The van der Waals surface area contributed by atoms with Crippen molar-refractivity contribution in [2.45, 2.75) is 38.8 Å². The van der Waals surface area contributed by atoms with Crippen molar-refractivity contribution in [3.8, 4) is 0 Å². The molecule has 11 heteroatoms. The van der Waals surface area contributed by atoms with Gasteiger partial charge in [-0.3, -0.25) is 9.59 Å². The smallest absolute Gasteiger partial charge is 0.261 e. The molecule has 0 bridgehead atoms. The first kappa shape index (κ1) is 37.9. The Morgan fingerprint density at radius 3 is 2.04 bits per heavy atom. The number of morpholine rings is 1. The number of halogens is 2. The number of carbonyl (C=O) groups excluding carboxylic acids is 1. The second-order valence-electron chi connectivity index (χ2n) is 14.6. The SMILES string of the molecule is CC(c1cc(C(=O)N(C)CCO[Si](c2ccccc2)(c2ccccc2)C(C)(C)C)cc2c(=O)cc(N3CCOCC3)oc12)N(C)c1cc(F)cc(F)c1. The zero-order chi connectivity index (χ0) is 37.9. The fraction of sp³-hybridized carbons (Fsp3) is 0.333. The third-order valence-corrected chi connectivity index (χ3v) is 15.3. The number of likely N-dealkylation sites (N-methyl/N-ethyl adjacent to an activating group) is 1. The molecular formula is C42H47F2N3O5Si. The second-order valence-corrected chi connectivity index (χ2v) is 18.9. The predicted molar refractivity (Wildman–Crippen MR) is 209 cm³/mol. The van der Waals surface area contributed by atoms with Gasteiger partial charge in [0.05, 0.1) is 31.2 Å². The molecule has 0 radical (unpaired) electrons. The number of benzene rings is 4. The zero-order valence-corrected chi connectivity index (χ0v) is 32.2. The van der Waals surface area contributed by atoms with Gasteiger partial charge in [0, 0.05) is 62.7 Å². The van der Waals surface area contributed by atoms with Crippen LogP contribution in [0, 0.1) is 11.6 Å². The predicted octanol–water partition coefficient (Wildman–Crippen LogP) is 6.75. The highest BCUT2D eigenvalue weighted by Gasteiger charge is 2.50. The van der Waals surface area contributed by atoms with E-state index in [9.17, 15) is 18.4 Å².